The van der Waals surface area contributed by atoms with E-state index in [1.165, 1.54) is 24.3 Å². The van der Waals surface area contributed by atoms with Gasteiger partial charge >= 0.3 is 0 Å². The number of benzene rings is 1. The van der Waals surface area contributed by atoms with Crippen LogP contribution >= 0.6 is 0 Å². The molecule has 0 aromatic heterocycles. The van der Waals surface area contributed by atoms with E-state index in [4.69, 9.17) is 4.74 Å². The van der Waals surface area contributed by atoms with Crippen LogP contribution in [-0.4, -0.2) is 52.1 Å². The van der Waals surface area contributed by atoms with Crippen LogP contribution in [0, 0.1) is 5.82 Å². The number of hydrogen-bond donors (Lipinski definition) is 1. The summed E-state index contributed by atoms with van der Waals surface area (Å²) in [5.41, 5.74) is 0.506. The molecule has 0 radical (unpaired) electrons. The average Bonchev–Trinajstić information content (AvgIpc) is 2.43. The first-order valence-electron chi connectivity index (χ1n) is 6.53. The molecule has 2 rings (SSSR count). The van der Waals surface area contributed by atoms with Crippen molar-refractivity contribution in [2.75, 3.05) is 32.8 Å². The van der Waals surface area contributed by atoms with Crippen LogP contribution in [0.5, 0.6) is 0 Å². The molecule has 1 aliphatic rings. The summed E-state index contributed by atoms with van der Waals surface area (Å²) < 4.78 is 43.9. The number of ether oxygens (including phenoxy) is 1. The molecular weight excluding hydrogens is 299 g/mol. The number of sulfonamides is 1. The molecule has 1 aromatic rings. The van der Waals surface area contributed by atoms with E-state index >= 15 is 0 Å². The van der Waals surface area contributed by atoms with Crippen LogP contribution in [0.25, 0.3) is 0 Å². The van der Waals surface area contributed by atoms with Gasteiger partial charge in [0.25, 0.3) is 0 Å². The van der Waals surface area contributed by atoms with E-state index in [1.807, 2.05) is 0 Å². The monoisotopic (exact) mass is 316 g/mol. The van der Waals surface area contributed by atoms with E-state index in [9.17, 15) is 17.6 Å². The van der Waals surface area contributed by atoms with Crippen molar-refractivity contribution in [1.82, 2.24) is 9.62 Å². The van der Waals surface area contributed by atoms with Crippen LogP contribution in [0.4, 0.5) is 4.39 Å². The van der Waals surface area contributed by atoms with Gasteiger partial charge in [0.05, 0.1) is 12.4 Å². The lowest BCUT2D eigenvalue weighted by molar-refractivity contribution is -0.142. The molecule has 6 nitrogen and oxygen atoms in total. The fourth-order valence-electron chi connectivity index (χ4n) is 1.97. The second kappa shape index (κ2) is 6.97. The van der Waals surface area contributed by atoms with Crippen LogP contribution in [0.1, 0.15) is 5.56 Å². The van der Waals surface area contributed by atoms with Crippen molar-refractivity contribution in [3.63, 3.8) is 0 Å². The SMILES string of the molecule is O=C1COCCN1CCNS(=O)(=O)Cc1ccc(F)cc1. The Kier molecular flexibility index (Phi) is 5.27. The molecule has 116 valence electrons. The van der Waals surface area contributed by atoms with Gasteiger partial charge in [0.2, 0.25) is 15.9 Å². The minimum absolute atomic E-state index is 0.0440. The maximum atomic E-state index is 12.8. The molecule has 21 heavy (non-hydrogen) atoms. The lowest BCUT2D eigenvalue weighted by Crippen LogP contribution is -2.45. The Hall–Kier alpha value is -1.51. The van der Waals surface area contributed by atoms with Crippen LogP contribution in [-0.2, 0) is 25.3 Å². The van der Waals surface area contributed by atoms with Crippen LogP contribution in [0.2, 0.25) is 0 Å². The highest BCUT2D eigenvalue weighted by molar-refractivity contribution is 7.88. The molecule has 1 heterocycles. The summed E-state index contributed by atoms with van der Waals surface area (Å²) in [6.45, 7) is 1.44. The van der Waals surface area contributed by atoms with Crippen molar-refractivity contribution in [2.24, 2.45) is 0 Å². The highest BCUT2D eigenvalue weighted by Crippen LogP contribution is 2.06. The largest absolute Gasteiger partial charge is 0.370 e. The molecule has 1 aliphatic heterocycles. The third kappa shape index (κ3) is 5.07. The van der Waals surface area contributed by atoms with Gasteiger partial charge in [0.15, 0.2) is 0 Å². The summed E-state index contributed by atoms with van der Waals surface area (Å²) >= 11 is 0. The number of halogens is 1. The first-order chi connectivity index (χ1) is 9.96. The van der Waals surface area contributed by atoms with Crippen LogP contribution in [0.15, 0.2) is 24.3 Å². The van der Waals surface area contributed by atoms with Gasteiger partial charge in [0, 0.05) is 19.6 Å². The molecular formula is C13H17FN2O4S. The Morgan fingerprint density at radius 3 is 2.67 bits per heavy atom. The first-order valence-corrected chi connectivity index (χ1v) is 8.19. The lowest BCUT2D eigenvalue weighted by atomic mass is 10.2. The van der Waals surface area contributed by atoms with Gasteiger partial charge in [-0.25, -0.2) is 17.5 Å². The number of carbonyl (C=O) groups excluding carboxylic acids is 1. The molecule has 1 fully saturated rings. The molecule has 0 unspecified atom stereocenters. The summed E-state index contributed by atoms with van der Waals surface area (Å²) in [4.78, 5) is 13.0. The topological polar surface area (TPSA) is 75.7 Å². The molecule has 1 N–H and O–H groups in total. The summed E-state index contributed by atoms with van der Waals surface area (Å²) in [5, 5.41) is 0. The molecule has 0 aliphatic carbocycles. The van der Waals surface area contributed by atoms with E-state index < -0.39 is 15.8 Å². The predicted molar refractivity (Wildman–Crippen MR) is 74.4 cm³/mol. The Balaban J connectivity index is 1.81. The van der Waals surface area contributed by atoms with Gasteiger partial charge < -0.3 is 9.64 Å². The Morgan fingerprint density at radius 1 is 1.29 bits per heavy atom. The standard InChI is InChI=1S/C13H17FN2O4S/c14-12-3-1-11(2-4-12)10-21(18,19)15-5-6-16-7-8-20-9-13(16)17/h1-4,15H,5-10H2. The van der Waals surface area contributed by atoms with E-state index in [0.717, 1.165) is 0 Å². The van der Waals surface area contributed by atoms with Crippen molar-refractivity contribution in [3.05, 3.63) is 35.6 Å². The zero-order valence-electron chi connectivity index (χ0n) is 11.4. The van der Waals surface area contributed by atoms with Crippen LogP contribution < -0.4 is 4.72 Å². The minimum atomic E-state index is -3.51. The molecule has 0 spiro atoms. The van der Waals surface area contributed by atoms with Gasteiger partial charge in [-0.1, -0.05) is 12.1 Å². The fraction of sp³-hybridized carbons (Fsp3) is 0.462. The number of hydrogen-bond acceptors (Lipinski definition) is 4. The highest BCUT2D eigenvalue weighted by Gasteiger charge is 2.19. The molecule has 1 amide bonds. The average molecular weight is 316 g/mol. The Morgan fingerprint density at radius 2 is 2.00 bits per heavy atom. The van der Waals surface area contributed by atoms with E-state index in [1.54, 1.807) is 4.90 Å². The van der Waals surface area contributed by atoms with Crippen molar-refractivity contribution in [2.45, 2.75) is 5.75 Å². The summed E-state index contributed by atoms with van der Waals surface area (Å²) in [6, 6.07) is 5.30. The zero-order chi connectivity index (χ0) is 15.3. The molecule has 1 saturated heterocycles. The normalized spacial score (nSPS) is 16.2. The maximum Gasteiger partial charge on any atom is 0.248 e. The summed E-state index contributed by atoms with van der Waals surface area (Å²) in [5.74, 6) is -0.765. The summed E-state index contributed by atoms with van der Waals surface area (Å²) in [7, 11) is -3.51. The molecule has 1 aromatic carbocycles. The van der Waals surface area contributed by atoms with Gasteiger partial charge in [-0.05, 0) is 17.7 Å². The molecule has 0 saturated carbocycles. The first kappa shape index (κ1) is 15.9. The van der Waals surface area contributed by atoms with Crippen molar-refractivity contribution in [1.29, 1.82) is 0 Å². The van der Waals surface area contributed by atoms with Gasteiger partial charge in [-0.15, -0.1) is 0 Å². The van der Waals surface area contributed by atoms with Crippen LogP contribution in [0.3, 0.4) is 0 Å². The Bertz CT molecular complexity index is 589. The predicted octanol–water partition coefficient (Wildman–Crippen LogP) is 0.104. The van der Waals surface area contributed by atoms with Gasteiger partial charge in [-0.3, -0.25) is 4.79 Å². The number of amides is 1. The highest BCUT2D eigenvalue weighted by atomic mass is 32.2. The van der Waals surface area contributed by atoms with Crippen molar-refractivity contribution < 1.29 is 22.3 Å². The molecule has 0 bridgehead atoms. The maximum absolute atomic E-state index is 12.8. The third-order valence-corrected chi connectivity index (χ3v) is 4.41. The quantitative estimate of drug-likeness (QED) is 0.808. The number of rotatable bonds is 6. The number of nitrogens with one attached hydrogen (secondary N) is 1. The van der Waals surface area contributed by atoms with Gasteiger partial charge in [-0.2, -0.15) is 0 Å². The smallest absolute Gasteiger partial charge is 0.248 e. The zero-order valence-corrected chi connectivity index (χ0v) is 12.2. The van der Waals surface area contributed by atoms with Crippen molar-refractivity contribution >= 4 is 15.9 Å². The summed E-state index contributed by atoms with van der Waals surface area (Å²) in [6.07, 6.45) is 0. The molecule has 8 heteroatoms. The van der Waals surface area contributed by atoms with Crippen molar-refractivity contribution in [3.8, 4) is 0 Å². The van der Waals surface area contributed by atoms with Gasteiger partial charge in [0.1, 0.15) is 12.4 Å². The van der Waals surface area contributed by atoms with E-state index in [-0.39, 0.29) is 24.8 Å². The second-order valence-electron chi connectivity index (χ2n) is 4.71. The number of carbonyl (C=O) groups is 1. The fourth-order valence-corrected chi connectivity index (χ4v) is 3.11. The Labute approximate surface area is 122 Å². The number of morpholine rings is 1. The third-order valence-electron chi connectivity index (χ3n) is 3.06. The van der Waals surface area contributed by atoms with E-state index in [0.29, 0.717) is 25.3 Å². The molecule has 0 atom stereocenters. The second-order valence-corrected chi connectivity index (χ2v) is 6.52. The minimum Gasteiger partial charge on any atom is -0.370 e. The van der Waals surface area contributed by atoms with E-state index in [2.05, 4.69) is 4.72 Å². The number of nitrogens with zero attached hydrogens (tertiary/aromatic N) is 1. The lowest BCUT2D eigenvalue weighted by Gasteiger charge is -2.26.